The Morgan fingerprint density at radius 3 is 2.79 bits per heavy atom. The molecule has 0 aromatic heterocycles. The molecule has 1 aromatic rings. The van der Waals surface area contributed by atoms with Gasteiger partial charge in [-0.25, -0.2) is 4.79 Å². The zero-order valence-electron chi connectivity index (χ0n) is 12.1. The number of carbonyl (C=O) groups excluding carboxylic acids is 1. The monoisotopic (exact) mass is 261 g/mol. The Hall–Kier alpha value is -1.35. The summed E-state index contributed by atoms with van der Waals surface area (Å²) in [7, 11) is 1.44. The summed E-state index contributed by atoms with van der Waals surface area (Å²) in [5.74, 6) is -0.240. The molecule has 1 saturated heterocycles. The van der Waals surface area contributed by atoms with E-state index in [0.29, 0.717) is 17.6 Å². The molecule has 0 spiro atoms. The summed E-state index contributed by atoms with van der Waals surface area (Å²) in [6.45, 7) is 5.35. The molecule has 3 nitrogen and oxygen atoms in total. The lowest BCUT2D eigenvalue weighted by Crippen LogP contribution is -2.34. The molecule has 1 heterocycles. The Morgan fingerprint density at radius 2 is 2.11 bits per heavy atom. The van der Waals surface area contributed by atoms with Gasteiger partial charge in [-0.1, -0.05) is 25.1 Å². The number of likely N-dealkylation sites (tertiary alicyclic amines) is 1. The molecule has 19 heavy (non-hydrogen) atoms. The minimum absolute atomic E-state index is 0.240. The van der Waals surface area contributed by atoms with Gasteiger partial charge in [-0.05, 0) is 37.8 Å². The van der Waals surface area contributed by atoms with Crippen molar-refractivity contribution < 1.29 is 9.53 Å². The molecule has 0 N–H and O–H groups in total. The van der Waals surface area contributed by atoms with Crippen molar-refractivity contribution in [2.24, 2.45) is 0 Å². The summed E-state index contributed by atoms with van der Waals surface area (Å²) < 4.78 is 4.86. The van der Waals surface area contributed by atoms with E-state index < -0.39 is 0 Å². The van der Waals surface area contributed by atoms with Crippen LogP contribution in [0.3, 0.4) is 0 Å². The second-order valence-electron chi connectivity index (χ2n) is 5.31. The minimum Gasteiger partial charge on any atom is -0.465 e. The van der Waals surface area contributed by atoms with Crippen LogP contribution in [0.25, 0.3) is 0 Å². The van der Waals surface area contributed by atoms with Crippen LogP contribution >= 0.6 is 0 Å². The van der Waals surface area contributed by atoms with Crippen LogP contribution in [-0.2, 0) is 11.3 Å². The molecular formula is C16H23NO2. The molecule has 1 aromatic carbocycles. The lowest BCUT2D eigenvalue weighted by atomic mass is 10.1. The number of methoxy groups -OCH3 is 1. The van der Waals surface area contributed by atoms with Crippen molar-refractivity contribution in [2.45, 2.75) is 51.7 Å². The van der Waals surface area contributed by atoms with Crippen molar-refractivity contribution in [1.82, 2.24) is 4.90 Å². The van der Waals surface area contributed by atoms with Crippen molar-refractivity contribution in [3.8, 4) is 0 Å². The molecule has 1 aliphatic rings. The van der Waals surface area contributed by atoms with E-state index >= 15 is 0 Å². The zero-order valence-corrected chi connectivity index (χ0v) is 12.1. The molecule has 0 bridgehead atoms. The van der Waals surface area contributed by atoms with Crippen molar-refractivity contribution in [1.29, 1.82) is 0 Å². The number of hydrogen-bond donors (Lipinski definition) is 0. The summed E-state index contributed by atoms with van der Waals surface area (Å²) >= 11 is 0. The third-order valence-corrected chi connectivity index (χ3v) is 4.20. The van der Waals surface area contributed by atoms with Gasteiger partial charge in [-0.15, -0.1) is 0 Å². The lowest BCUT2D eigenvalue weighted by molar-refractivity contribution is 0.0597. The molecule has 0 radical (unpaired) electrons. The van der Waals surface area contributed by atoms with E-state index in [9.17, 15) is 4.79 Å². The van der Waals surface area contributed by atoms with E-state index in [1.165, 1.54) is 26.4 Å². The van der Waals surface area contributed by atoms with E-state index in [1.54, 1.807) is 0 Å². The second kappa shape index (κ2) is 6.20. The van der Waals surface area contributed by atoms with Crippen LogP contribution in [0.5, 0.6) is 0 Å². The number of ether oxygens (including phenoxy) is 1. The number of benzene rings is 1. The van der Waals surface area contributed by atoms with Crippen LogP contribution < -0.4 is 0 Å². The van der Waals surface area contributed by atoms with Gasteiger partial charge in [0.15, 0.2) is 0 Å². The quantitative estimate of drug-likeness (QED) is 0.779. The number of hydrogen-bond acceptors (Lipinski definition) is 3. The first-order valence-corrected chi connectivity index (χ1v) is 7.09. The van der Waals surface area contributed by atoms with Crippen LogP contribution in [0, 0.1) is 0 Å². The van der Waals surface area contributed by atoms with Crippen LogP contribution in [-0.4, -0.2) is 30.1 Å². The fourth-order valence-electron chi connectivity index (χ4n) is 3.01. The highest BCUT2D eigenvalue weighted by Gasteiger charge is 2.29. The fourth-order valence-corrected chi connectivity index (χ4v) is 3.01. The smallest absolute Gasteiger partial charge is 0.338 e. The maximum absolute atomic E-state index is 11.8. The average Bonchev–Trinajstić information content (AvgIpc) is 2.79. The van der Waals surface area contributed by atoms with Crippen LogP contribution in [0.15, 0.2) is 24.3 Å². The molecule has 104 valence electrons. The van der Waals surface area contributed by atoms with Crippen LogP contribution in [0.1, 0.15) is 49.0 Å². The highest BCUT2D eigenvalue weighted by Crippen LogP contribution is 2.28. The number of carbonyl (C=O) groups is 1. The predicted molar refractivity (Wildman–Crippen MR) is 76.1 cm³/mol. The zero-order chi connectivity index (χ0) is 13.8. The van der Waals surface area contributed by atoms with Crippen molar-refractivity contribution >= 4 is 5.97 Å². The second-order valence-corrected chi connectivity index (χ2v) is 5.31. The summed E-state index contributed by atoms with van der Waals surface area (Å²) in [5.41, 5.74) is 1.76. The summed E-state index contributed by atoms with van der Waals surface area (Å²) in [5, 5.41) is 0. The SMILES string of the molecule is CCC1CCC(C)N1Cc1ccccc1C(=O)OC. The minimum atomic E-state index is -0.240. The van der Waals surface area contributed by atoms with Crippen LogP contribution in [0.4, 0.5) is 0 Å². The molecule has 1 fully saturated rings. The van der Waals surface area contributed by atoms with E-state index in [0.717, 1.165) is 12.1 Å². The third-order valence-electron chi connectivity index (χ3n) is 4.20. The molecule has 0 saturated carbocycles. The molecule has 0 amide bonds. The maximum atomic E-state index is 11.8. The normalized spacial score (nSPS) is 23.5. The van der Waals surface area contributed by atoms with Gasteiger partial charge in [0.1, 0.15) is 0 Å². The molecule has 1 aliphatic heterocycles. The van der Waals surface area contributed by atoms with E-state index in [-0.39, 0.29) is 5.97 Å². The average molecular weight is 261 g/mol. The molecular weight excluding hydrogens is 238 g/mol. The predicted octanol–water partition coefficient (Wildman–Crippen LogP) is 3.24. The van der Waals surface area contributed by atoms with Gasteiger partial charge in [0, 0.05) is 18.6 Å². The molecule has 2 unspecified atom stereocenters. The Morgan fingerprint density at radius 1 is 1.37 bits per heavy atom. The lowest BCUT2D eigenvalue weighted by Gasteiger charge is -2.28. The van der Waals surface area contributed by atoms with Gasteiger partial charge in [-0.2, -0.15) is 0 Å². The van der Waals surface area contributed by atoms with Crippen LogP contribution in [0.2, 0.25) is 0 Å². The highest BCUT2D eigenvalue weighted by molar-refractivity contribution is 5.90. The van der Waals surface area contributed by atoms with Gasteiger partial charge in [-0.3, -0.25) is 4.90 Å². The molecule has 0 aliphatic carbocycles. The first-order valence-electron chi connectivity index (χ1n) is 7.09. The van der Waals surface area contributed by atoms with Gasteiger partial charge >= 0.3 is 5.97 Å². The number of rotatable bonds is 4. The number of nitrogens with zero attached hydrogens (tertiary/aromatic N) is 1. The third kappa shape index (κ3) is 2.98. The summed E-state index contributed by atoms with van der Waals surface area (Å²) in [6.07, 6.45) is 3.68. The highest BCUT2D eigenvalue weighted by atomic mass is 16.5. The summed E-state index contributed by atoms with van der Waals surface area (Å²) in [4.78, 5) is 14.3. The van der Waals surface area contributed by atoms with E-state index in [2.05, 4.69) is 18.7 Å². The molecule has 2 atom stereocenters. The number of esters is 1. The Labute approximate surface area is 115 Å². The van der Waals surface area contributed by atoms with Gasteiger partial charge in [0.05, 0.1) is 12.7 Å². The Bertz CT molecular complexity index is 444. The van der Waals surface area contributed by atoms with Crippen molar-refractivity contribution in [2.75, 3.05) is 7.11 Å². The first-order chi connectivity index (χ1) is 9.17. The Balaban J connectivity index is 2.21. The largest absolute Gasteiger partial charge is 0.465 e. The fraction of sp³-hybridized carbons (Fsp3) is 0.562. The van der Waals surface area contributed by atoms with Crippen molar-refractivity contribution in [3.63, 3.8) is 0 Å². The van der Waals surface area contributed by atoms with Gasteiger partial charge in [0.2, 0.25) is 0 Å². The molecule has 3 heteroatoms. The van der Waals surface area contributed by atoms with E-state index in [4.69, 9.17) is 4.74 Å². The van der Waals surface area contributed by atoms with Gasteiger partial charge in [0.25, 0.3) is 0 Å². The first kappa shape index (κ1) is 14.1. The topological polar surface area (TPSA) is 29.5 Å². The van der Waals surface area contributed by atoms with Crippen molar-refractivity contribution in [3.05, 3.63) is 35.4 Å². The summed E-state index contributed by atoms with van der Waals surface area (Å²) in [6, 6.07) is 8.99. The van der Waals surface area contributed by atoms with E-state index in [1.807, 2.05) is 24.3 Å². The standard InChI is InChI=1S/C16H23NO2/c1-4-14-10-9-12(2)17(14)11-13-7-5-6-8-15(13)16(18)19-3/h5-8,12,14H,4,9-11H2,1-3H3. The maximum Gasteiger partial charge on any atom is 0.338 e. The molecule has 2 rings (SSSR count). The Kier molecular flexibility index (Phi) is 4.59. The van der Waals surface area contributed by atoms with Gasteiger partial charge < -0.3 is 4.74 Å².